The van der Waals surface area contributed by atoms with Crippen LogP contribution in [0.5, 0.6) is 5.75 Å². The monoisotopic (exact) mass is 530 g/mol. The van der Waals surface area contributed by atoms with Crippen LogP contribution in [-0.4, -0.2) is 54.1 Å². The summed E-state index contributed by atoms with van der Waals surface area (Å²) in [6.07, 6.45) is 9.71. The molecule has 2 fully saturated rings. The van der Waals surface area contributed by atoms with E-state index in [2.05, 4.69) is 38.0 Å². The van der Waals surface area contributed by atoms with Gasteiger partial charge in [-0.15, -0.1) is 9.24 Å². The first kappa shape index (κ1) is 27.1. The average molecular weight is 531 g/mol. The van der Waals surface area contributed by atoms with Gasteiger partial charge in [0.15, 0.2) is 0 Å². The van der Waals surface area contributed by atoms with Crippen molar-refractivity contribution < 1.29 is 9.53 Å². The molecule has 2 heterocycles. The van der Waals surface area contributed by atoms with Gasteiger partial charge in [-0.1, -0.05) is 37.9 Å². The minimum atomic E-state index is 0.166. The lowest BCUT2D eigenvalue weighted by atomic mass is 9.90. The fraction of sp³-hybridized carbons (Fsp3) is 0.607. The molecule has 196 valence electrons. The first-order chi connectivity index (χ1) is 17.3. The van der Waals surface area contributed by atoms with Crippen LogP contribution in [0.3, 0.4) is 0 Å². The maximum Gasteiger partial charge on any atom is 0.226 e. The quantitative estimate of drug-likeness (QED) is 0.383. The van der Waals surface area contributed by atoms with E-state index in [0.29, 0.717) is 17.4 Å². The maximum atomic E-state index is 12.6. The molecule has 0 spiro atoms. The molecular formula is C28H40ClN4O2P. The number of hydrogen-bond acceptors (Lipinski definition) is 5. The number of likely N-dealkylation sites (N-methyl/N-ethyl adjacent to an activating group) is 1. The van der Waals surface area contributed by atoms with Crippen molar-refractivity contribution in [2.24, 2.45) is 23.7 Å². The predicted molar refractivity (Wildman–Crippen MR) is 150 cm³/mol. The van der Waals surface area contributed by atoms with E-state index in [9.17, 15) is 4.79 Å². The summed E-state index contributed by atoms with van der Waals surface area (Å²) >= 11 is 5.91. The molecule has 0 N–H and O–H groups in total. The van der Waals surface area contributed by atoms with E-state index in [0.717, 1.165) is 79.4 Å². The van der Waals surface area contributed by atoms with Crippen LogP contribution in [0.4, 0.5) is 5.95 Å². The number of anilines is 1. The molecule has 6 nitrogen and oxygen atoms in total. The second-order valence-corrected chi connectivity index (χ2v) is 11.7. The van der Waals surface area contributed by atoms with Crippen LogP contribution in [0.1, 0.15) is 51.5 Å². The van der Waals surface area contributed by atoms with Crippen LogP contribution >= 0.6 is 20.8 Å². The van der Waals surface area contributed by atoms with E-state index >= 15 is 0 Å². The molecule has 4 rings (SSSR count). The number of benzene rings is 1. The molecule has 1 aliphatic heterocycles. The van der Waals surface area contributed by atoms with Crippen molar-refractivity contribution in [3.8, 4) is 5.75 Å². The highest BCUT2D eigenvalue weighted by atomic mass is 35.5. The summed E-state index contributed by atoms with van der Waals surface area (Å²) < 4.78 is 6.09. The largest absolute Gasteiger partial charge is 0.494 e. The number of amides is 1. The van der Waals surface area contributed by atoms with Gasteiger partial charge in [0.05, 0.1) is 30.4 Å². The second kappa shape index (κ2) is 12.6. The van der Waals surface area contributed by atoms with Gasteiger partial charge in [0.1, 0.15) is 5.75 Å². The normalized spacial score (nSPS) is 20.8. The molecule has 1 aliphatic carbocycles. The zero-order chi connectivity index (χ0) is 25.7. The van der Waals surface area contributed by atoms with Crippen LogP contribution in [0.25, 0.3) is 0 Å². The van der Waals surface area contributed by atoms with E-state index in [-0.39, 0.29) is 5.91 Å². The van der Waals surface area contributed by atoms with Crippen molar-refractivity contribution in [2.75, 3.05) is 38.2 Å². The topological polar surface area (TPSA) is 58.6 Å². The van der Waals surface area contributed by atoms with Crippen LogP contribution in [0, 0.1) is 23.7 Å². The Morgan fingerprint density at radius 2 is 2.00 bits per heavy atom. The van der Waals surface area contributed by atoms with E-state index in [4.69, 9.17) is 16.3 Å². The fourth-order valence-electron chi connectivity index (χ4n) is 5.32. The molecule has 0 bridgehead atoms. The van der Waals surface area contributed by atoms with Gasteiger partial charge >= 0.3 is 0 Å². The van der Waals surface area contributed by atoms with Gasteiger partial charge in [0, 0.05) is 26.7 Å². The Hall–Kier alpha value is -1.91. The number of carbonyl (C=O) groups excluding carboxylic acids is 1. The maximum absolute atomic E-state index is 12.6. The molecular weight excluding hydrogens is 491 g/mol. The Morgan fingerprint density at radius 3 is 2.67 bits per heavy atom. The van der Waals surface area contributed by atoms with E-state index in [1.54, 1.807) is 12.4 Å². The van der Waals surface area contributed by atoms with Gasteiger partial charge in [-0.25, -0.2) is 9.97 Å². The van der Waals surface area contributed by atoms with Crippen LogP contribution in [0.15, 0.2) is 30.6 Å². The summed E-state index contributed by atoms with van der Waals surface area (Å²) in [5.41, 5.74) is 1.05. The number of halogens is 1. The molecule has 2 unspecified atom stereocenters. The van der Waals surface area contributed by atoms with Crippen LogP contribution in [-0.2, 0) is 11.2 Å². The molecule has 0 radical (unpaired) electrons. The second-order valence-electron chi connectivity index (χ2n) is 10.6. The first-order valence-electron chi connectivity index (χ1n) is 13.3. The van der Waals surface area contributed by atoms with Gasteiger partial charge in [-0.05, 0) is 72.4 Å². The van der Waals surface area contributed by atoms with E-state index < -0.39 is 0 Å². The highest BCUT2D eigenvalue weighted by Crippen LogP contribution is 2.49. The van der Waals surface area contributed by atoms with Gasteiger partial charge in [-0.3, -0.25) is 4.79 Å². The molecule has 1 amide bonds. The third-order valence-electron chi connectivity index (χ3n) is 7.94. The van der Waals surface area contributed by atoms with Crippen molar-refractivity contribution in [1.29, 1.82) is 0 Å². The van der Waals surface area contributed by atoms with Crippen molar-refractivity contribution in [3.05, 3.63) is 41.2 Å². The number of rotatable bonds is 11. The molecule has 2 aromatic rings. The first-order valence-corrected chi connectivity index (χ1v) is 14.3. The summed E-state index contributed by atoms with van der Waals surface area (Å²) in [4.78, 5) is 25.4. The van der Waals surface area contributed by atoms with Crippen LogP contribution in [0.2, 0.25) is 5.02 Å². The minimum absolute atomic E-state index is 0.166. The predicted octanol–water partition coefficient (Wildman–Crippen LogP) is 5.00. The van der Waals surface area contributed by atoms with Gasteiger partial charge in [0.25, 0.3) is 0 Å². The third-order valence-corrected chi connectivity index (χ3v) is 8.67. The Labute approximate surface area is 223 Å². The zero-order valence-electron chi connectivity index (χ0n) is 21.8. The number of hydrogen-bond donors (Lipinski definition) is 0. The Bertz CT molecular complexity index is 1010. The summed E-state index contributed by atoms with van der Waals surface area (Å²) in [5.74, 6) is 4.78. The lowest BCUT2D eigenvalue weighted by Crippen LogP contribution is -2.35. The lowest BCUT2D eigenvalue weighted by Gasteiger charge is -2.32. The molecule has 8 heteroatoms. The minimum Gasteiger partial charge on any atom is -0.494 e. The number of aromatic nitrogens is 2. The van der Waals surface area contributed by atoms with Gasteiger partial charge in [-0.2, -0.15) is 0 Å². The number of piperidine rings is 1. The van der Waals surface area contributed by atoms with Gasteiger partial charge < -0.3 is 14.5 Å². The smallest absolute Gasteiger partial charge is 0.226 e. The third kappa shape index (κ3) is 7.32. The molecule has 1 saturated heterocycles. The van der Waals surface area contributed by atoms with Crippen molar-refractivity contribution >= 4 is 38.0 Å². The average Bonchev–Trinajstić information content (AvgIpc) is 3.65. The van der Waals surface area contributed by atoms with Gasteiger partial charge in [0.2, 0.25) is 11.9 Å². The summed E-state index contributed by atoms with van der Waals surface area (Å²) in [6, 6.07) is 6.08. The molecule has 1 aromatic carbocycles. The summed E-state index contributed by atoms with van der Waals surface area (Å²) in [6.45, 7) is 7.94. The molecule has 1 aromatic heterocycles. The Morgan fingerprint density at radius 1 is 1.28 bits per heavy atom. The van der Waals surface area contributed by atoms with E-state index in [1.165, 1.54) is 19.3 Å². The fourth-order valence-corrected chi connectivity index (χ4v) is 5.79. The highest BCUT2D eigenvalue weighted by molar-refractivity contribution is 7.27. The summed E-state index contributed by atoms with van der Waals surface area (Å²) in [5, 5.41) is 1.62. The molecule has 36 heavy (non-hydrogen) atoms. The van der Waals surface area contributed by atoms with Crippen molar-refractivity contribution in [3.63, 3.8) is 0 Å². The lowest BCUT2D eigenvalue weighted by molar-refractivity contribution is -0.129. The van der Waals surface area contributed by atoms with Crippen LogP contribution < -0.4 is 14.9 Å². The summed E-state index contributed by atoms with van der Waals surface area (Å²) in [7, 11) is 4.67. The molecule has 1 saturated carbocycles. The number of carbonyl (C=O) groups is 1. The number of ether oxygens (including phenoxy) is 1. The Balaban J connectivity index is 1.16. The van der Waals surface area contributed by atoms with Crippen molar-refractivity contribution in [1.82, 2.24) is 14.9 Å². The Kier molecular flexibility index (Phi) is 9.47. The standard InChI is InChI=1S/C28H40ClN4O2P/c1-4-19(2)18-32(3)27(34)14-22-5-6-24(15-26(22)36)35-12-9-21-13-25(21)20-7-10-33(11-8-20)28-30-16-23(29)17-31-28/h5-6,15-17,19-21,25H,4,7-14,18,36H2,1-3H3/t19?,21-,25-/m1/s1. The SMILES string of the molecule is CCC(C)CN(C)C(=O)Cc1ccc(OCC[C@@H]2C[C@@H]2C2CCN(c3ncc(Cl)cn3)CC2)cc1P. The zero-order valence-corrected chi connectivity index (χ0v) is 23.7. The highest BCUT2D eigenvalue weighted by Gasteiger charge is 2.43. The van der Waals surface area contributed by atoms with Crippen molar-refractivity contribution in [2.45, 2.75) is 52.4 Å². The number of nitrogens with zero attached hydrogens (tertiary/aromatic N) is 4. The molecule has 4 atom stereocenters. The van der Waals surface area contributed by atoms with E-state index in [1.807, 2.05) is 30.1 Å². The molecule has 2 aliphatic rings.